The van der Waals surface area contributed by atoms with Crippen molar-refractivity contribution < 1.29 is 4.79 Å². The molecule has 0 aliphatic heterocycles. The van der Waals surface area contributed by atoms with Gasteiger partial charge in [-0.25, -0.2) is 0 Å². The van der Waals surface area contributed by atoms with Crippen molar-refractivity contribution in [1.82, 2.24) is 5.32 Å². The lowest BCUT2D eigenvalue weighted by atomic mass is 9.91. The predicted molar refractivity (Wildman–Crippen MR) is 76.6 cm³/mol. The SMILES string of the molecule is Cc1ccc(C(=O)N[C@@H]2CCCC[C@H]2N)cc1Br. The number of hydrogen-bond acceptors (Lipinski definition) is 2. The van der Waals surface area contributed by atoms with Crippen molar-refractivity contribution in [2.24, 2.45) is 5.73 Å². The van der Waals surface area contributed by atoms with Crippen LogP contribution in [-0.4, -0.2) is 18.0 Å². The minimum atomic E-state index is -0.0296. The molecule has 3 N–H and O–H groups in total. The molecule has 0 spiro atoms. The molecule has 1 aliphatic rings. The third-order valence-electron chi connectivity index (χ3n) is 3.57. The maximum absolute atomic E-state index is 12.1. The highest BCUT2D eigenvalue weighted by atomic mass is 79.9. The largest absolute Gasteiger partial charge is 0.348 e. The fraction of sp³-hybridized carbons (Fsp3) is 0.500. The first-order valence-electron chi connectivity index (χ1n) is 6.40. The first-order valence-corrected chi connectivity index (χ1v) is 7.20. The number of rotatable bonds is 2. The summed E-state index contributed by atoms with van der Waals surface area (Å²) in [6, 6.07) is 5.87. The van der Waals surface area contributed by atoms with Crippen molar-refractivity contribution in [3.63, 3.8) is 0 Å². The van der Waals surface area contributed by atoms with E-state index in [-0.39, 0.29) is 18.0 Å². The van der Waals surface area contributed by atoms with E-state index < -0.39 is 0 Å². The standard InChI is InChI=1S/C14H19BrN2O/c1-9-6-7-10(8-11(9)15)14(18)17-13-5-3-2-4-12(13)16/h6-8,12-13H,2-5,16H2,1H3,(H,17,18)/t12-,13-/m1/s1. The quantitative estimate of drug-likeness (QED) is 0.882. The summed E-state index contributed by atoms with van der Waals surface area (Å²) in [5.41, 5.74) is 7.85. The van der Waals surface area contributed by atoms with E-state index in [0.29, 0.717) is 5.56 Å². The molecule has 0 aromatic heterocycles. The van der Waals surface area contributed by atoms with Gasteiger partial charge in [-0.1, -0.05) is 34.8 Å². The zero-order valence-corrected chi connectivity index (χ0v) is 12.2. The van der Waals surface area contributed by atoms with Crippen molar-refractivity contribution >= 4 is 21.8 Å². The minimum Gasteiger partial charge on any atom is -0.348 e. The highest BCUT2D eigenvalue weighted by Crippen LogP contribution is 2.19. The Morgan fingerprint density at radius 1 is 1.39 bits per heavy atom. The number of nitrogens with one attached hydrogen (secondary N) is 1. The molecule has 1 saturated carbocycles. The molecule has 1 aromatic rings. The van der Waals surface area contributed by atoms with Gasteiger partial charge in [0.15, 0.2) is 0 Å². The lowest BCUT2D eigenvalue weighted by Gasteiger charge is -2.29. The maximum Gasteiger partial charge on any atom is 0.251 e. The van der Waals surface area contributed by atoms with Gasteiger partial charge in [0.1, 0.15) is 0 Å². The van der Waals surface area contributed by atoms with Gasteiger partial charge in [0.05, 0.1) is 0 Å². The number of amides is 1. The summed E-state index contributed by atoms with van der Waals surface area (Å²) < 4.78 is 0.961. The van der Waals surface area contributed by atoms with E-state index >= 15 is 0 Å². The summed E-state index contributed by atoms with van der Waals surface area (Å²) in [7, 11) is 0. The number of halogens is 1. The predicted octanol–water partition coefficient (Wildman–Crippen LogP) is 2.76. The Morgan fingerprint density at radius 2 is 2.11 bits per heavy atom. The van der Waals surface area contributed by atoms with E-state index in [9.17, 15) is 4.79 Å². The molecule has 0 unspecified atom stereocenters. The molecule has 18 heavy (non-hydrogen) atoms. The van der Waals surface area contributed by atoms with Crippen LogP contribution in [0, 0.1) is 6.92 Å². The monoisotopic (exact) mass is 310 g/mol. The smallest absolute Gasteiger partial charge is 0.251 e. The van der Waals surface area contributed by atoms with Crippen LogP contribution in [0.1, 0.15) is 41.6 Å². The second-order valence-corrected chi connectivity index (χ2v) is 5.85. The topological polar surface area (TPSA) is 55.1 Å². The molecule has 0 bridgehead atoms. The van der Waals surface area contributed by atoms with Gasteiger partial charge in [0.2, 0.25) is 0 Å². The lowest BCUT2D eigenvalue weighted by Crippen LogP contribution is -2.49. The van der Waals surface area contributed by atoms with Crippen LogP contribution in [0.4, 0.5) is 0 Å². The fourth-order valence-corrected chi connectivity index (χ4v) is 2.70. The summed E-state index contributed by atoms with van der Waals surface area (Å²) in [4.78, 5) is 12.1. The molecule has 2 rings (SSSR count). The van der Waals surface area contributed by atoms with E-state index in [1.807, 2.05) is 25.1 Å². The molecule has 98 valence electrons. The van der Waals surface area contributed by atoms with Crippen LogP contribution < -0.4 is 11.1 Å². The summed E-state index contributed by atoms with van der Waals surface area (Å²) in [5.74, 6) is -0.0296. The van der Waals surface area contributed by atoms with Crippen LogP contribution in [0.3, 0.4) is 0 Å². The Bertz CT molecular complexity index is 447. The molecule has 0 radical (unpaired) electrons. The molecule has 1 amide bonds. The van der Waals surface area contributed by atoms with Gasteiger partial charge < -0.3 is 11.1 Å². The van der Waals surface area contributed by atoms with E-state index in [0.717, 1.165) is 29.3 Å². The van der Waals surface area contributed by atoms with Crippen LogP contribution in [-0.2, 0) is 0 Å². The van der Waals surface area contributed by atoms with Crippen molar-refractivity contribution in [1.29, 1.82) is 0 Å². The number of aryl methyl sites for hydroxylation is 1. The molecule has 1 aliphatic carbocycles. The number of benzene rings is 1. The van der Waals surface area contributed by atoms with Gasteiger partial charge in [0, 0.05) is 22.1 Å². The van der Waals surface area contributed by atoms with Crippen molar-refractivity contribution in [2.45, 2.75) is 44.7 Å². The Morgan fingerprint density at radius 3 is 2.78 bits per heavy atom. The molecular formula is C14H19BrN2O. The van der Waals surface area contributed by atoms with Crippen LogP contribution >= 0.6 is 15.9 Å². The van der Waals surface area contributed by atoms with Gasteiger partial charge in [-0.3, -0.25) is 4.79 Å². The summed E-state index contributed by atoms with van der Waals surface area (Å²) in [6.45, 7) is 2.00. The summed E-state index contributed by atoms with van der Waals surface area (Å²) >= 11 is 3.45. The van der Waals surface area contributed by atoms with Crippen molar-refractivity contribution in [3.05, 3.63) is 33.8 Å². The molecule has 0 saturated heterocycles. The second-order valence-electron chi connectivity index (χ2n) is 4.99. The molecule has 4 heteroatoms. The lowest BCUT2D eigenvalue weighted by molar-refractivity contribution is 0.0921. The molecule has 3 nitrogen and oxygen atoms in total. The third-order valence-corrected chi connectivity index (χ3v) is 4.42. The van der Waals surface area contributed by atoms with Crippen LogP contribution in [0.25, 0.3) is 0 Å². The third kappa shape index (κ3) is 3.12. The van der Waals surface area contributed by atoms with Crippen LogP contribution in [0.2, 0.25) is 0 Å². The average Bonchev–Trinajstić information content (AvgIpc) is 2.35. The summed E-state index contributed by atoms with van der Waals surface area (Å²) in [5, 5.41) is 3.05. The van der Waals surface area contributed by atoms with Crippen molar-refractivity contribution in [2.75, 3.05) is 0 Å². The zero-order valence-electron chi connectivity index (χ0n) is 10.6. The highest BCUT2D eigenvalue weighted by molar-refractivity contribution is 9.10. The van der Waals surface area contributed by atoms with Crippen molar-refractivity contribution in [3.8, 4) is 0 Å². The Kier molecular flexibility index (Phi) is 4.40. The number of nitrogens with two attached hydrogens (primary N) is 1. The van der Waals surface area contributed by atoms with E-state index in [1.54, 1.807) is 0 Å². The van der Waals surface area contributed by atoms with E-state index in [2.05, 4.69) is 21.2 Å². The fourth-order valence-electron chi connectivity index (χ4n) is 2.32. The average molecular weight is 311 g/mol. The first-order chi connectivity index (χ1) is 8.58. The summed E-state index contributed by atoms with van der Waals surface area (Å²) in [6.07, 6.45) is 4.31. The van der Waals surface area contributed by atoms with Gasteiger partial charge >= 0.3 is 0 Å². The van der Waals surface area contributed by atoms with Gasteiger partial charge in [-0.05, 0) is 37.5 Å². The normalized spacial score (nSPS) is 23.7. The minimum absolute atomic E-state index is 0.0296. The Balaban J connectivity index is 2.04. The Labute approximate surface area is 116 Å². The first kappa shape index (κ1) is 13.6. The van der Waals surface area contributed by atoms with E-state index in [4.69, 9.17) is 5.73 Å². The highest BCUT2D eigenvalue weighted by Gasteiger charge is 2.23. The van der Waals surface area contributed by atoms with Gasteiger partial charge in [-0.2, -0.15) is 0 Å². The number of carbonyl (C=O) groups is 1. The second kappa shape index (κ2) is 5.85. The number of carbonyl (C=O) groups excluding carboxylic acids is 1. The van der Waals surface area contributed by atoms with Gasteiger partial charge in [0.25, 0.3) is 5.91 Å². The molecule has 0 heterocycles. The molecule has 1 fully saturated rings. The zero-order chi connectivity index (χ0) is 13.1. The maximum atomic E-state index is 12.1. The molecule has 2 atom stereocenters. The van der Waals surface area contributed by atoms with E-state index in [1.165, 1.54) is 6.42 Å². The van der Waals surface area contributed by atoms with Gasteiger partial charge in [-0.15, -0.1) is 0 Å². The molecular weight excluding hydrogens is 292 g/mol. The Hall–Kier alpha value is -0.870. The van der Waals surface area contributed by atoms with Crippen LogP contribution in [0.15, 0.2) is 22.7 Å². The number of hydrogen-bond donors (Lipinski definition) is 2. The van der Waals surface area contributed by atoms with Crippen LogP contribution in [0.5, 0.6) is 0 Å². The molecule has 1 aromatic carbocycles.